The van der Waals surface area contributed by atoms with Crippen LogP contribution >= 0.6 is 0 Å². The van der Waals surface area contributed by atoms with E-state index in [0.29, 0.717) is 35.0 Å². The first kappa shape index (κ1) is 18.7. The predicted molar refractivity (Wildman–Crippen MR) is 93.1 cm³/mol. The van der Waals surface area contributed by atoms with E-state index in [9.17, 15) is 10.5 Å². The number of nitrogen functional groups attached to an aromatic ring is 1. The zero-order chi connectivity index (χ0) is 19.3. The van der Waals surface area contributed by atoms with Crippen molar-refractivity contribution in [3.8, 4) is 46.4 Å². The second kappa shape index (κ2) is 7.95. The van der Waals surface area contributed by atoms with Crippen molar-refractivity contribution in [1.29, 1.82) is 10.5 Å². The molecule has 0 aliphatic heterocycles. The van der Waals surface area contributed by atoms with Crippen LogP contribution in [0.4, 0.5) is 5.82 Å². The summed E-state index contributed by atoms with van der Waals surface area (Å²) in [4.78, 5) is 2.76. The summed E-state index contributed by atoms with van der Waals surface area (Å²) in [5.41, 5.74) is 7.09. The van der Waals surface area contributed by atoms with E-state index in [0.717, 1.165) is 0 Å². The monoisotopic (exact) mass is 355 g/mol. The molecule has 134 valence electrons. The number of aromatic amines is 1. The number of methoxy groups -OCH3 is 3. The molecule has 3 N–H and O–H groups in total. The summed E-state index contributed by atoms with van der Waals surface area (Å²) in [6.45, 7) is 2.10. The quantitative estimate of drug-likeness (QED) is 0.839. The molecule has 1 aromatic heterocycles. The summed E-state index contributed by atoms with van der Waals surface area (Å²) in [5, 5.41) is 19.2. The number of nitrogens with one attached hydrogen (secondary N) is 1. The summed E-state index contributed by atoms with van der Waals surface area (Å²) in [5.74, 6) is 1.46. The van der Waals surface area contributed by atoms with Gasteiger partial charge in [0.15, 0.2) is 17.1 Å². The molecule has 0 fully saturated rings. The van der Waals surface area contributed by atoms with Crippen molar-refractivity contribution < 1.29 is 23.9 Å². The lowest BCUT2D eigenvalue weighted by molar-refractivity contribution is -0.377. The molecule has 2 aromatic rings. The number of ether oxygens (including phenoxy) is 4. The highest BCUT2D eigenvalue weighted by atomic mass is 16.5. The number of nitrogens with zero attached hydrogens (tertiary/aromatic N) is 2. The van der Waals surface area contributed by atoms with Crippen LogP contribution in [0.25, 0.3) is 11.1 Å². The number of rotatable bonds is 6. The van der Waals surface area contributed by atoms with Gasteiger partial charge in [0.2, 0.25) is 5.75 Å². The molecule has 0 atom stereocenters. The Hall–Kier alpha value is -3.65. The second-order valence-electron chi connectivity index (χ2n) is 5.06. The van der Waals surface area contributed by atoms with E-state index in [-0.39, 0.29) is 22.8 Å². The van der Waals surface area contributed by atoms with E-state index >= 15 is 0 Å². The smallest absolute Gasteiger partial charge is 0.301 e. The van der Waals surface area contributed by atoms with Gasteiger partial charge in [-0.1, -0.05) is 0 Å². The number of hydrogen-bond acceptors (Lipinski definition) is 7. The molecule has 0 saturated heterocycles. The van der Waals surface area contributed by atoms with E-state index < -0.39 is 0 Å². The fourth-order valence-electron chi connectivity index (χ4n) is 2.61. The molecule has 0 radical (unpaired) electrons. The van der Waals surface area contributed by atoms with Gasteiger partial charge in [-0.05, 0) is 24.6 Å². The van der Waals surface area contributed by atoms with Crippen LogP contribution in [0.2, 0.25) is 0 Å². The lowest BCUT2D eigenvalue weighted by Gasteiger charge is -2.16. The SMILES string of the molecule is CCOc1[nH+]c(N)c(C#N)c(-c2cc(OC)c(OC)c(OC)c2)c1C#N. The van der Waals surface area contributed by atoms with Gasteiger partial charge in [-0.25, -0.2) is 4.98 Å². The summed E-state index contributed by atoms with van der Waals surface area (Å²) in [6, 6.07) is 7.40. The number of hydrogen-bond donors (Lipinski definition) is 1. The molecule has 1 heterocycles. The minimum Gasteiger partial charge on any atom is -0.493 e. The number of benzene rings is 1. The van der Waals surface area contributed by atoms with Gasteiger partial charge in [0.05, 0.1) is 27.9 Å². The van der Waals surface area contributed by atoms with E-state index in [1.54, 1.807) is 19.1 Å². The number of aromatic nitrogens is 1. The Kier molecular flexibility index (Phi) is 5.71. The molecule has 0 bridgehead atoms. The number of H-pyrrole nitrogens is 1. The zero-order valence-corrected chi connectivity index (χ0v) is 15.0. The third-order valence-corrected chi connectivity index (χ3v) is 3.71. The van der Waals surface area contributed by atoms with Crippen molar-refractivity contribution in [1.82, 2.24) is 0 Å². The van der Waals surface area contributed by atoms with Crippen LogP contribution in [0.1, 0.15) is 18.1 Å². The molecule has 1 aromatic carbocycles. The maximum atomic E-state index is 9.66. The maximum absolute atomic E-state index is 9.66. The molecule has 0 aliphatic carbocycles. The van der Waals surface area contributed by atoms with E-state index in [4.69, 9.17) is 24.7 Å². The number of nitrogens with two attached hydrogens (primary N) is 1. The number of anilines is 1. The Morgan fingerprint density at radius 2 is 1.58 bits per heavy atom. The second-order valence-corrected chi connectivity index (χ2v) is 5.06. The summed E-state index contributed by atoms with van der Waals surface area (Å²) in [6.07, 6.45) is 0. The maximum Gasteiger partial charge on any atom is 0.301 e. The van der Waals surface area contributed by atoms with Crippen LogP contribution in [0.15, 0.2) is 12.1 Å². The van der Waals surface area contributed by atoms with Crippen molar-refractivity contribution in [2.75, 3.05) is 33.7 Å². The normalized spacial score (nSPS) is 9.77. The fraction of sp³-hybridized carbons (Fsp3) is 0.278. The molecule has 8 heteroatoms. The first-order chi connectivity index (χ1) is 12.6. The molecule has 2 rings (SSSR count). The Balaban J connectivity index is 2.91. The van der Waals surface area contributed by atoms with Crippen molar-refractivity contribution in [3.05, 3.63) is 23.3 Å². The van der Waals surface area contributed by atoms with Gasteiger partial charge in [0.1, 0.15) is 17.7 Å². The van der Waals surface area contributed by atoms with Crippen molar-refractivity contribution in [2.24, 2.45) is 0 Å². The molecular formula is C18H19N4O4+. The molecule has 26 heavy (non-hydrogen) atoms. The van der Waals surface area contributed by atoms with Crippen LogP contribution in [0, 0.1) is 22.7 Å². The third-order valence-electron chi connectivity index (χ3n) is 3.71. The first-order valence-corrected chi connectivity index (χ1v) is 7.68. The third kappa shape index (κ3) is 3.13. The van der Waals surface area contributed by atoms with Gasteiger partial charge < -0.3 is 18.9 Å². The van der Waals surface area contributed by atoms with Crippen LogP contribution in [-0.2, 0) is 0 Å². The van der Waals surface area contributed by atoms with Crippen LogP contribution in [0.3, 0.4) is 0 Å². The molecule has 0 aliphatic rings. The molecule has 8 nitrogen and oxygen atoms in total. The topological polar surface area (TPSA) is 125 Å². The molecule has 0 unspecified atom stereocenters. The average molecular weight is 355 g/mol. The molecular weight excluding hydrogens is 336 g/mol. The van der Waals surface area contributed by atoms with Gasteiger partial charge >= 0.3 is 5.88 Å². The van der Waals surface area contributed by atoms with Crippen molar-refractivity contribution in [2.45, 2.75) is 6.92 Å². The minimum absolute atomic E-state index is 0.0960. The highest BCUT2D eigenvalue weighted by molar-refractivity contribution is 5.83. The molecule has 0 spiro atoms. The van der Waals surface area contributed by atoms with Crippen LogP contribution in [-0.4, -0.2) is 27.9 Å². The number of pyridine rings is 1. The summed E-state index contributed by atoms with van der Waals surface area (Å²) in [7, 11) is 4.45. The van der Waals surface area contributed by atoms with Crippen molar-refractivity contribution >= 4 is 5.82 Å². The largest absolute Gasteiger partial charge is 0.493 e. The van der Waals surface area contributed by atoms with Gasteiger partial charge in [-0.2, -0.15) is 10.5 Å². The van der Waals surface area contributed by atoms with Gasteiger partial charge in [0.25, 0.3) is 5.82 Å². The average Bonchev–Trinajstić information content (AvgIpc) is 2.66. The highest BCUT2D eigenvalue weighted by Gasteiger charge is 2.26. The van der Waals surface area contributed by atoms with E-state index in [1.807, 2.05) is 6.07 Å². The van der Waals surface area contributed by atoms with Gasteiger partial charge in [-0.3, -0.25) is 5.73 Å². The van der Waals surface area contributed by atoms with E-state index in [2.05, 4.69) is 11.1 Å². The highest BCUT2D eigenvalue weighted by Crippen LogP contribution is 2.43. The van der Waals surface area contributed by atoms with Gasteiger partial charge in [-0.15, -0.1) is 0 Å². The summed E-state index contributed by atoms with van der Waals surface area (Å²) >= 11 is 0. The standard InChI is InChI=1S/C18H18N4O4/c1-5-26-18-12(9-20)15(11(8-19)17(21)22-18)10-6-13(23-2)16(25-4)14(7-10)24-3/h6-7H,5H2,1-4H3,(H2,21,22)/p+1. The minimum atomic E-state index is 0.0960. The number of nitriles is 2. The Labute approximate surface area is 151 Å². The molecule has 0 amide bonds. The lowest BCUT2D eigenvalue weighted by atomic mass is 9.95. The fourth-order valence-corrected chi connectivity index (χ4v) is 2.61. The Morgan fingerprint density at radius 3 is 2.00 bits per heavy atom. The van der Waals surface area contributed by atoms with Gasteiger partial charge in [0, 0.05) is 5.56 Å². The van der Waals surface area contributed by atoms with Crippen LogP contribution in [0.5, 0.6) is 23.1 Å². The predicted octanol–water partition coefficient (Wildman–Crippen LogP) is 1.92. The summed E-state index contributed by atoms with van der Waals surface area (Å²) < 4.78 is 21.5. The Morgan fingerprint density at radius 1 is 1.00 bits per heavy atom. The van der Waals surface area contributed by atoms with Crippen molar-refractivity contribution in [3.63, 3.8) is 0 Å². The molecule has 0 saturated carbocycles. The first-order valence-electron chi connectivity index (χ1n) is 7.68. The van der Waals surface area contributed by atoms with E-state index in [1.165, 1.54) is 21.3 Å². The Bertz CT molecular complexity index is 888. The zero-order valence-electron chi connectivity index (χ0n) is 15.0. The van der Waals surface area contributed by atoms with Crippen LogP contribution < -0.4 is 29.7 Å². The lowest BCUT2D eigenvalue weighted by Crippen LogP contribution is -2.19.